The number of halogens is 1. The molecule has 0 bridgehead atoms. The third kappa shape index (κ3) is 6.13. The van der Waals surface area contributed by atoms with Gasteiger partial charge in [-0.05, 0) is 35.4 Å². The zero-order chi connectivity index (χ0) is 18.1. The molecule has 2 amide bonds. The number of carbonyl (C=O) groups is 2. The molecule has 2 rings (SSSR count). The van der Waals surface area contributed by atoms with Crippen LogP contribution in [0.2, 0.25) is 5.02 Å². The SMILES string of the molecule is N#CCC(=O)NCc1ccccc1NC(=O)/C=C/c1cccc(Cl)c1. The number of nitriles is 1. The molecule has 0 aliphatic rings. The van der Waals surface area contributed by atoms with Crippen LogP contribution in [0.3, 0.4) is 0 Å². The Hall–Kier alpha value is -3.10. The van der Waals surface area contributed by atoms with E-state index in [0.717, 1.165) is 11.1 Å². The molecule has 126 valence electrons. The van der Waals surface area contributed by atoms with Crippen LogP contribution in [-0.4, -0.2) is 11.8 Å². The maximum Gasteiger partial charge on any atom is 0.248 e. The number of amides is 2. The second kappa shape index (κ2) is 9.26. The zero-order valence-corrected chi connectivity index (χ0v) is 14.1. The summed E-state index contributed by atoms with van der Waals surface area (Å²) in [6, 6.07) is 16.1. The molecule has 0 aromatic heterocycles. The van der Waals surface area contributed by atoms with E-state index in [1.54, 1.807) is 48.5 Å². The molecule has 0 saturated heterocycles. The number of rotatable bonds is 6. The molecule has 2 aromatic rings. The lowest BCUT2D eigenvalue weighted by molar-refractivity contribution is -0.120. The first-order valence-electron chi connectivity index (χ1n) is 7.54. The molecular formula is C19H16ClN3O2. The Balaban J connectivity index is 2.01. The first-order chi connectivity index (χ1) is 12.1. The lowest BCUT2D eigenvalue weighted by atomic mass is 10.1. The average Bonchev–Trinajstić information content (AvgIpc) is 2.60. The molecule has 0 spiro atoms. The number of carbonyl (C=O) groups excluding carboxylic acids is 2. The van der Waals surface area contributed by atoms with Gasteiger partial charge in [0.25, 0.3) is 0 Å². The maximum atomic E-state index is 12.1. The van der Waals surface area contributed by atoms with E-state index in [4.69, 9.17) is 16.9 Å². The minimum atomic E-state index is -0.357. The fraction of sp³-hybridized carbons (Fsp3) is 0.105. The van der Waals surface area contributed by atoms with E-state index in [1.807, 2.05) is 12.1 Å². The predicted octanol–water partition coefficient (Wildman–Crippen LogP) is 3.52. The summed E-state index contributed by atoms with van der Waals surface area (Å²) < 4.78 is 0. The topological polar surface area (TPSA) is 82.0 Å². The number of para-hydroxylation sites is 1. The zero-order valence-electron chi connectivity index (χ0n) is 13.3. The smallest absolute Gasteiger partial charge is 0.248 e. The summed E-state index contributed by atoms with van der Waals surface area (Å²) in [6.45, 7) is 0.231. The van der Waals surface area contributed by atoms with Crippen molar-refractivity contribution in [1.82, 2.24) is 5.32 Å². The summed E-state index contributed by atoms with van der Waals surface area (Å²) in [5.74, 6) is -0.653. The summed E-state index contributed by atoms with van der Waals surface area (Å²) in [4.78, 5) is 23.5. The molecule has 0 saturated carbocycles. The van der Waals surface area contributed by atoms with Crippen LogP contribution in [-0.2, 0) is 16.1 Å². The van der Waals surface area contributed by atoms with Crippen molar-refractivity contribution in [2.75, 3.05) is 5.32 Å². The maximum absolute atomic E-state index is 12.1. The molecule has 0 heterocycles. The highest BCUT2D eigenvalue weighted by molar-refractivity contribution is 6.30. The molecule has 0 atom stereocenters. The van der Waals surface area contributed by atoms with Crippen LogP contribution in [0.5, 0.6) is 0 Å². The van der Waals surface area contributed by atoms with Crippen LogP contribution in [0, 0.1) is 11.3 Å². The van der Waals surface area contributed by atoms with Gasteiger partial charge in [0, 0.05) is 23.3 Å². The van der Waals surface area contributed by atoms with Gasteiger partial charge in [0.05, 0.1) is 6.07 Å². The van der Waals surface area contributed by atoms with Gasteiger partial charge in [0.15, 0.2) is 0 Å². The molecule has 25 heavy (non-hydrogen) atoms. The van der Waals surface area contributed by atoms with Gasteiger partial charge >= 0.3 is 0 Å². The van der Waals surface area contributed by atoms with Gasteiger partial charge in [-0.1, -0.05) is 41.9 Å². The van der Waals surface area contributed by atoms with Gasteiger partial charge in [0.1, 0.15) is 6.42 Å². The fourth-order valence-electron chi connectivity index (χ4n) is 2.08. The van der Waals surface area contributed by atoms with Gasteiger partial charge in [-0.15, -0.1) is 0 Å². The summed E-state index contributed by atoms with van der Waals surface area (Å²) in [5.41, 5.74) is 2.17. The Kier molecular flexibility index (Phi) is 6.76. The minimum absolute atomic E-state index is 0.198. The van der Waals surface area contributed by atoms with Crippen molar-refractivity contribution in [1.29, 1.82) is 5.26 Å². The Bertz CT molecular complexity index is 841. The Morgan fingerprint density at radius 3 is 2.72 bits per heavy atom. The van der Waals surface area contributed by atoms with Gasteiger partial charge in [-0.2, -0.15) is 5.26 Å². The van der Waals surface area contributed by atoms with Crippen LogP contribution in [0.4, 0.5) is 5.69 Å². The molecule has 0 aliphatic carbocycles. The Morgan fingerprint density at radius 1 is 1.16 bits per heavy atom. The molecular weight excluding hydrogens is 338 g/mol. The van der Waals surface area contributed by atoms with Gasteiger partial charge in [-0.3, -0.25) is 9.59 Å². The standard InChI is InChI=1S/C19H16ClN3O2/c20-16-6-3-4-14(12-16)8-9-19(25)23-17-7-2-1-5-15(17)13-22-18(24)10-11-21/h1-9,12H,10,13H2,(H,22,24)(H,23,25)/b9-8+. The van der Waals surface area contributed by atoms with Crippen LogP contribution in [0.15, 0.2) is 54.6 Å². The normalized spacial score (nSPS) is 10.2. The summed E-state index contributed by atoms with van der Waals surface area (Å²) in [6.07, 6.45) is 2.88. The van der Waals surface area contributed by atoms with Crippen LogP contribution < -0.4 is 10.6 Å². The molecule has 0 radical (unpaired) electrons. The molecule has 0 fully saturated rings. The van der Waals surface area contributed by atoms with Gasteiger partial charge in [0.2, 0.25) is 11.8 Å². The number of hydrogen-bond acceptors (Lipinski definition) is 3. The lowest BCUT2D eigenvalue weighted by Gasteiger charge is -2.10. The second-order valence-corrected chi connectivity index (χ2v) is 5.58. The summed E-state index contributed by atoms with van der Waals surface area (Å²) >= 11 is 5.90. The molecule has 0 aliphatic heterocycles. The van der Waals surface area contributed by atoms with Gasteiger partial charge in [-0.25, -0.2) is 0 Å². The number of hydrogen-bond donors (Lipinski definition) is 2. The van der Waals surface area contributed by atoms with E-state index in [9.17, 15) is 9.59 Å². The van der Waals surface area contributed by atoms with E-state index in [0.29, 0.717) is 10.7 Å². The number of anilines is 1. The minimum Gasteiger partial charge on any atom is -0.351 e. The first-order valence-corrected chi connectivity index (χ1v) is 7.92. The van der Waals surface area contributed by atoms with Crippen molar-refractivity contribution < 1.29 is 9.59 Å². The number of nitrogens with zero attached hydrogens (tertiary/aromatic N) is 1. The van der Waals surface area contributed by atoms with Crippen molar-refractivity contribution in [3.8, 4) is 6.07 Å². The van der Waals surface area contributed by atoms with E-state index < -0.39 is 0 Å². The fourth-order valence-corrected chi connectivity index (χ4v) is 2.28. The molecule has 2 aromatic carbocycles. The van der Waals surface area contributed by atoms with Crippen molar-refractivity contribution in [2.45, 2.75) is 13.0 Å². The van der Waals surface area contributed by atoms with Crippen molar-refractivity contribution in [2.24, 2.45) is 0 Å². The highest BCUT2D eigenvalue weighted by atomic mass is 35.5. The Labute approximate surface area is 150 Å². The number of nitrogens with one attached hydrogen (secondary N) is 2. The van der Waals surface area contributed by atoms with Crippen molar-refractivity contribution in [3.05, 3.63) is 70.8 Å². The van der Waals surface area contributed by atoms with Crippen molar-refractivity contribution >= 4 is 35.2 Å². The molecule has 2 N–H and O–H groups in total. The second-order valence-electron chi connectivity index (χ2n) is 5.15. The van der Waals surface area contributed by atoms with E-state index in [1.165, 1.54) is 6.08 Å². The van der Waals surface area contributed by atoms with E-state index in [-0.39, 0.29) is 24.8 Å². The Morgan fingerprint density at radius 2 is 1.96 bits per heavy atom. The first kappa shape index (κ1) is 18.2. The van der Waals surface area contributed by atoms with Gasteiger partial charge < -0.3 is 10.6 Å². The third-order valence-electron chi connectivity index (χ3n) is 3.27. The third-order valence-corrected chi connectivity index (χ3v) is 3.50. The largest absolute Gasteiger partial charge is 0.351 e. The van der Waals surface area contributed by atoms with E-state index in [2.05, 4.69) is 10.6 Å². The highest BCUT2D eigenvalue weighted by Crippen LogP contribution is 2.16. The average molecular weight is 354 g/mol. The number of benzene rings is 2. The van der Waals surface area contributed by atoms with Crippen molar-refractivity contribution in [3.63, 3.8) is 0 Å². The monoisotopic (exact) mass is 353 g/mol. The van der Waals surface area contributed by atoms with E-state index >= 15 is 0 Å². The molecule has 6 heteroatoms. The molecule has 0 unspecified atom stereocenters. The predicted molar refractivity (Wildman–Crippen MR) is 97.6 cm³/mol. The van der Waals surface area contributed by atoms with Crippen LogP contribution >= 0.6 is 11.6 Å². The van der Waals surface area contributed by atoms with Crippen LogP contribution in [0.1, 0.15) is 17.5 Å². The van der Waals surface area contributed by atoms with Crippen LogP contribution in [0.25, 0.3) is 6.08 Å². The highest BCUT2D eigenvalue weighted by Gasteiger charge is 2.06. The molecule has 5 nitrogen and oxygen atoms in total. The summed E-state index contributed by atoms with van der Waals surface area (Å²) in [7, 11) is 0. The quantitative estimate of drug-likeness (QED) is 0.779. The summed E-state index contributed by atoms with van der Waals surface area (Å²) in [5, 5.41) is 14.5. The lowest BCUT2D eigenvalue weighted by Crippen LogP contribution is -2.22.